The van der Waals surface area contributed by atoms with Crippen molar-refractivity contribution in [2.45, 2.75) is 6.42 Å². The first-order valence-corrected chi connectivity index (χ1v) is 10.6. The molecule has 0 saturated carbocycles. The Morgan fingerprint density at radius 2 is 1.79 bits per heavy atom. The molecular weight excluding hydrogens is 396 g/mol. The van der Waals surface area contributed by atoms with Gasteiger partial charge in [0, 0.05) is 31.9 Å². The molecule has 0 unspecified atom stereocenters. The van der Waals surface area contributed by atoms with Crippen molar-refractivity contribution in [3.63, 3.8) is 0 Å². The number of sulfonamides is 1. The first kappa shape index (κ1) is 19.1. The maximum atomic E-state index is 12.9. The number of nitrogens with zero attached hydrogens (tertiary/aromatic N) is 2. The highest BCUT2D eigenvalue weighted by Gasteiger charge is 2.32. The molecule has 0 amide bonds. The Balaban J connectivity index is 2.07. The lowest BCUT2D eigenvalue weighted by Gasteiger charge is -2.22. The van der Waals surface area contributed by atoms with Crippen LogP contribution in [0.25, 0.3) is 22.3 Å². The molecular formula is C20H20N2O6S. The van der Waals surface area contributed by atoms with E-state index in [1.165, 1.54) is 28.6 Å². The number of phenolic OH excluding ortho intramolecular Hbond substituents is 1. The molecule has 0 spiro atoms. The molecule has 1 saturated heterocycles. The van der Waals surface area contributed by atoms with Crippen LogP contribution in [0.4, 0.5) is 11.4 Å². The molecule has 2 aromatic carbocycles. The molecule has 1 aromatic heterocycles. The van der Waals surface area contributed by atoms with Gasteiger partial charge in [-0.3, -0.25) is 9.10 Å². The van der Waals surface area contributed by atoms with Crippen molar-refractivity contribution >= 4 is 32.4 Å². The summed E-state index contributed by atoms with van der Waals surface area (Å²) in [4.78, 5) is 14.7. The fourth-order valence-corrected chi connectivity index (χ4v) is 4.97. The predicted octanol–water partition coefficient (Wildman–Crippen LogP) is 2.48. The molecule has 0 radical (unpaired) electrons. The van der Waals surface area contributed by atoms with E-state index in [1.54, 1.807) is 31.1 Å². The van der Waals surface area contributed by atoms with Gasteiger partial charge in [-0.2, -0.15) is 0 Å². The zero-order valence-electron chi connectivity index (χ0n) is 15.9. The number of benzene rings is 2. The maximum Gasteiger partial charge on any atom is 0.235 e. The van der Waals surface area contributed by atoms with Crippen LogP contribution in [0.15, 0.2) is 45.6 Å². The third-order valence-corrected chi connectivity index (χ3v) is 6.80. The second kappa shape index (κ2) is 6.70. The normalized spacial score (nSPS) is 15.7. The van der Waals surface area contributed by atoms with Gasteiger partial charge in [0.1, 0.15) is 5.75 Å². The molecule has 0 atom stereocenters. The SMILES string of the molecule is CN(C)c1cc(N2CCCS2(=O)=O)c2oc(-c3ccc(O)cc3)c(O)c(=O)c2c1. The van der Waals surface area contributed by atoms with Crippen molar-refractivity contribution < 1.29 is 23.0 Å². The van der Waals surface area contributed by atoms with Crippen molar-refractivity contribution in [2.24, 2.45) is 0 Å². The lowest BCUT2D eigenvalue weighted by atomic mass is 10.1. The maximum absolute atomic E-state index is 12.9. The Labute approximate surface area is 167 Å². The Morgan fingerprint density at radius 3 is 2.38 bits per heavy atom. The minimum atomic E-state index is -3.52. The first-order chi connectivity index (χ1) is 13.7. The van der Waals surface area contributed by atoms with E-state index in [-0.39, 0.29) is 40.5 Å². The van der Waals surface area contributed by atoms with E-state index in [4.69, 9.17) is 4.42 Å². The molecule has 0 bridgehead atoms. The van der Waals surface area contributed by atoms with Gasteiger partial charge in [0.25, 0.3) is 0 Å². The predicted molar refractivity (Wildman–Crippen MR) is 111 cm³/mol. The molecule has 3 aromatic rings. The van der Waals surface area contributed by atoms with Crippen LogP contribution in [0, 0.1) is 0 Å². The second-order valence-corrected chi connectivity index (χ2v) is 9.15. The van der Waals surface area contributed by atoms with Crippen LogP contribution in [-0.4, -0.2) is 45.0 Å². The van der Waals surface area contributed by atoms with E-state index in [0.717, 1.165) is 0 Å². The Morgan fingerprint density at radius 1 is 1.10 bits per heavy atom. The van der Waals surface area contributed by atoms with Gasteiger partial charge in [-0.25, -0.2) is 8.42 Å². The monoisotopic (exact) mass is 416 g/mol. The highest BCUT2D eigenvalue weighted by molar-refractivity contribution is 7.93. The van der Waals surface area contributed by atoms with Crippen molar-refractivity contribution in [3.8, 4) is 22.8 Å². The highest BCUT2D eigenvalue weighted by Crippen LogP contribution is 2.39. The number of hydrogen-bond donors (Lipinski definition) is 2. The van der Waals surface area contributed by atoms with Gasteiger partial charge in [0.15, 0.2) is 11.3 Å². The second-order valence-electron chi connectivity index (χ2n) is 7.13. The van der Waals surface area contributed by atoms with Crippen LogP contribution in [0.5, 0.6) is 11.5 Å². The summed E-state index contributed by atoms with van der Waals surface area (Å²) in [5.74, 6) is -0.614. The van der Waals surface area contributed by atoms with Gasteiger partial charge in [-0.1, -0.05) is 0 Å². The molecule has 2 heterocycles. The molecule has 8 nitrogen and oxygen atoms in total. The van der Waals surface area contributed by atoms with Crippen LogP contribution >= 0.6 is 0 Å². The fraction of sp³-hybridized carbons (Fsp3) is 0.250. The summed E-state index contributed by atoms with van der Waals surface area (Å²) in [5.41, 5.74) is 0.688. The average molecular weight is 416 g/mol. The third-order valence-electron chi connectivity index (χ3n) is 4.95. The molecule has 29 heavy (non-hydrogen) atoms. The van der Waals surface area contributed by atoms with Crippen molar-refractivity contribution in [1.29, 1.82) is 0 Å². The zero-order chi connectivity index (χ0) is 20.9. The summed E-state index contributed by atoms with van der Waals surface area (Å²) in [7, 11) is 0.0241. The minimum Gasteiger partial charge on any atom is -0.508 e. The Hall–Kier alpha value is -3.20. The lowest BCUT2D eigenvalue weighted by Crippen LogP contribution is -2.26. The van der Waals surface area contributed by atoms with Gasteiger partial charge in [0.05, 0.1) is 16.8 Å². The van der Waals surface area contributed by atoms with Crippen LogP contribution in [0.2, 0.25) is 0 Å². The quantitative estimate of drug-likeness (QED) is 0.675. The van der Waals surface area contributed by atoms with Gasteiger partial charge in [-0.05, 0) is 42.8 Å². The van der Waals surface area contributed by atoms with E-state index in [9.17, 15) is 23.4 Å². The molecule has 152 valence electrons. The number of hydrogen-bond acceptors (Lipinski definition) is 7. The summed E-state index contributed by atoms with van der Waals surface area (Å²) in [6, 6.07) is 9.03. The largest absolute Gasteiger partial charge is 0.508 e. The zero-order valence-corrected chi connectivity index (χ0v) is 16.7. The standard InChI is InChI=1S/C20H20N2O6S/c1-21(2)13-10-15-17(24)18(25)19(12-4-6-14(23)7-5-12)28-20(15)16(11-13)22-8-3-9-29(22,26)27/h4-7,10-11,23,25H,3,8-9H2,1-2H3. The van der Waals surface area contributed by atoms with Gasteiger partial charge < -0.3 is 19.5 Å². The number of anilines is 2. The van der Waals surface area contributed by atoms with E-state index in [2.05, 4.69) is 0 Å². The van der Waals surface area contributed by atoms with E-state index >= 15 is 0 Å². The highest BCUT2D eigenvalue weighted by atomic mass is 32.2. The summed E-state index contributed by atoms with van der Waals surface area (Å²) in [5, 5.41) is 20.1. The number of rotatable bonds is 3. The Kier molecular flexibility index (Phi) is 4.42. The van der Waals surface area contributed by atoms with Crippen LogP contribution in [0.1, 0.15) is 6.42 Å². The first-order valence-electron chi connectivity index (χ1n) is 9.00. The summed E-state index contributed by atoms with van der Waals surface area (Å²) >= 11 is 0. The van der Waals surface area contributed by atoms with Crippen molar-refractivity contribution in [1.82, 2.24) is 0 Å². The van der Waals surface area contributed by atoms with Crippen molar-refractivity contribution in [3.05, 3.63) is 46.6 Å². The topological polar surface area (TPSA) is 111 Å². The van der Waals surface area contributed by atoms with Gasteiger partial charge >= 0.3 is 0 Å². The van der Waals surface area contributed by atoms with Crippen LogP contribution < -0.4 is 14.6 Å². The molecule has 4 rings (SSSR count). The fourth-order valence-electron chi connectivity index (χ4n) is 3.42. The van der Waals surface area contributed by atoms with E-state index < -0.39 is 21.2 Å². The smallest absolute Gasteiger partial charge is 0.235 e. The molecule has 1 fully saturated rings. The summed E-state index contributed by atoms with van der Waals surface area (Å²) in [6.45, 7) is 0.285. The van der Waals surface area contributed by atoms with Crippen LogP contribution in [-0.2, 0) is 10.0 Å². The summed E-state index contributed by atoms with van der Waals surface area (Å²) in [6.07, 6.45) is 0.475. The average Bonchev–Trinajstić information content (AvgIpc) is 3.03. The number of fused-ring (bicyclic) bond motifs is 1. The summed E-state index contributed by atoms with van der Waals surface area (Å²) < 4.78 is 32.3. The van der Waals surface area contributed by atoms with Crippen LogP contribution in [0.3, 0.4) is 0 Å². The van der Waals surface area contributed by atoms with Gasteiger partial charge in [-0.15, -0.1) is 0 Å². The van der Waals surface area contributed by atoms with E-state index in [0.29, 0.717) is 17.7 Å². The number of aromatic hydroxyl groups is 2. The lowest BCUT2D eigenvalue weighted by molar-refractivity contribution is 0.449. The van der Waals surface area contributed by atoms with Crippen molar-refractivity contribution in [2.75, 3.05) is 35.6 Å². The van der Waals surface area contributed by atoms with Gasteiger partial charge in [0.2, 0.25) is 21.2 Å². The number of phenols is 1. The molecule has 0 aliphatic carbocycles. The molecule has 9 heteroatoms. The third kappa shape index (κ3) is 3.17. The van der Waals surface area contributed by atoms with E-state index in [1.807, 2.05) is 0 Å². The Bertz CT molecular complexity index is 1260. The minimum absolute atomic E-state index is 0.0216. The molecule has 1 aliphatic rings. The molecule has 1 aliphatic heterocycles. The molecule has 2 N–H and O–H groups in total.